The number of aliphatic imine (C=N–C) groups is 1. The molecule has 1 atom stereocenters. The maximum atomic E-state index is 13.0. The summed E-state index contributed by atoms with van der Waals surface area (Å²) in [6.45, 7) is 2.96. The van der Waals surface area contributed by atoms with Crippen LogP contribution in [0, 0.1) is 5.82 Å². The second-order valence-corrected chi connectivity index (χ2v) is 6.38. The molecule has 3 rings (SSSR count). The average molecular weight is 487 g/mol. The summed E-state index contributed by atoms with van der Waals surface area (Å²) in [5, 5.41) is 6.69. The zero-order chi connectivity index (χ0) is 18.0. The van der Waals surface area contributed by atoms with Crippen LogP contribution in [0.15, 0.2) is 52.1 Å². The molecule has 1 aromatic carbocycles. The van der Waals surface area contributed by atoms with Gasteiger partial charge in [0.2, 0.25) is 0 Å². The van der Waals surface area contributed by atoms with Crippen LogP contribution in [0.1, 0.15) is 24.2 Å². The Morgan fingerprint density at radius 3 is 2.56 bits per heavy atom. The Morgan fingerprint density at radius 2 is 1.89 bits per heavy atom. The van der Waals surface area contributed by atoms with Crippen molar-refractivity contribution < 1.29 is 13.5 Å². The van der Waals surface area contributed by atoms with Gasteiger partial charge in [0.25, 0.3) is 0 Å². The maximum Gasteiger partial charge on any atom is 0.191 e. The van der Waals surface area contributed by atoms with E-state index in [1.54, 1.807) is 6.26 Å². The lowest BCUT2D eigenvalue weighted by molar-refractivity contribution is 0.117. The van der Waals surface area contributed by atoms with E-state index in [0.717, 1.165) is 62.7 Å². The second-order valence-electron chi connectivity index (χ2n) is 6.38. The highest BCUT2D eigenvalue weighted by Gasteiger charge is 2.14. The van der Waals surface area contributed by atoms with E-state index in [0.29, 0.717) is 6.54 Å². The van der Waals surface area contributed by atoms with E-state index in [1.165, 1.54) is 12.1 Å². The smallest absolute Gasteiger partial charge is 0.191 e. The van der Waals surface area contributed by atoms with Crippen molar-refractivity contribution in [2.75, 3.05) is 26.2 Å². The summed E-state index contributed by atoms with van der Waals surface area (Å²) in [4.78, 5) is 4.65. The van der Waals surface area contributed by atoms with Gasteiger partial charge in [-0.25, -0.2) is 4.39 Å². The van der Waals surface area contributed by atoms with Gasteiger partial charge in [0.15, 0.2) is 5.96 Å². The van der Waals surface area contributed by atoms with Crippen LogP contribution in [0.2, 0.25) is 0 Å². The minimum absolute atomic E-state index is 0. The fourth-order valence-corrected chi connectivity index (χ4v) is 2.89. The summed E-state index contributed by atoms with van der Waals surface area (Å²) in [5.41, 5.74) is 1.09. The number of guanidine groups is 1. The van der Waals surface area contributed by atoms with E-state index in [4.69, 9.17) is 9.15 Å². The van der Waals surface area contributed by atoms with E-state index < -0.39 is 0 Å². The first-order chi connectivity index (χ1) is 12.8. The molecule has 0 radical (unpaired) electrons. The van der Waals surface area contributed by atoms with Crippen molar-refractivity contribution >= 4 is 29.9 Å². The van der Waals surface area contributed by atoms with E-state index >= 15 is 0 Å². The summed E-state index contributed by atoms with van der Waals surface area (Å²) in [6.07, 6.45) is 5.68. The van der Waals surface area contributed by atoms with Crippen LogP contribution in [0.5, 0.6) is 0 Å². The summed E-state index contributed by atoms with van der Waals surface area (Å²) >= 11 is 0. The number of hydrogen-bond acceptors (Lipinski definition) is 3. The van der Waals surface area contributed by atoms with Crippen molar-refractivity contribution in [2.24, 2.45) is 4.99 Å². The third kappa shape index (κ3) is 7.88. The molecule has 5 nitrogen and oxygen atoms in total. The van der Waals surface area contributed by atoms with Crippen molar-refractivity contribution in [3.05, 3.63) is 59.8 Å². The van der Waals surface area contributed by atoms with Gasteiger partial charge in [-0.05, 0) is 49.1 Å². The molecule has 1 aromatic heterocycles. The zero-order valence-corrected chi connectivity index (χ0v) is 17.7. The van der Waals surface area contributed by atoms with Gasteiger partial charge in [0.1, 0.15) is 11.6 Å². The van der Waals surface area contributed by atoms with Crippen LogP contribution in [0.25, 0.3) is 0 Å². The second kappa shape index (κ2) is 12.0. The van der Waals surface area contributed by atoms with Gasteiger partial charge in [-0.2, -0.15) is 0 Å². The van der Waals surface area contributed by atoms with Crippen LogP contribution in [-0.2, 0) is 17.6 Å². The number of benzene rings is 1. The van der Waals surface area contributed by atoms with Crippen molar-refractivity contribution in [1.29, 1.82) is 0 Å². The topological polar surface area (TPSA) is 58.8 Å². The molecule has 2 heterocycles. The first-order valence-electron chi connectivity index (χ1n) is 9.20. The quantitative estimate of drug-likeness (QED) is 0.340. The monoisotopic (exact) mass is 487 g/mol. The molecule has 1 saturated heterocycles. The van der Waals surface area contributed by atoms with Crippen molar-refractivity contribution in [3.63, 3.8) is 0 Å². The molecule has 1 unspecified atom stereocenters. The first kappa shape index (κ1) is 21.7. The van der Waals surface area contributed by atoms with Gasteiger partial charge in [-0.3, -0.25) is 4.99 Å². The van der Waals surface area contributed by atoms with Gasteiger partial charge in [0, 0.05) is 26.1 Å². The van der Waals surface area contributed by atoms with E-state index in [-0.39, 0.29) is 35.9 Å². The predicted octanol–water partition coefficient (Wildman–Crippen LogP) is 3.54. The molecule has 1 aliphatic heterocycles. The molecule has 0 amide bonds. The molecule has 2 aromatic rings. The van der Waals surface area contributed by atoms with Crippen LogP contribution in [0.3, 0.4) is 0 Å². The Kier molecular flexibility index (Phi) is 9.61. The van der Waals surface area contributed by atoms with Crippen LogP contribution < -0.4 is 10.6 Å². The Labute approximate surface area is 176 Å². The molecule has 0 bridgehead atoms. The number of ether oxygens (including phenoxy) is 1. The molecule has 2 N–H and O–H groups in total. The Hall–Kier alpha value is -1.61. The van der Waals surface area contributed by atoms with E-state index in [9.17, 15) is 4.39 Å². The van der Waals surface area contributed by atoms with Crippen LogP contribution in [0.4, 0.5) is 4.39 Å². The summed E-state index contributed by atoms with van der Waals surface area (Å²) in [5.74, 6) is 1.51. The standard InChI is InChI=1S/C20H26FN3O2.HI/c21-17-7-5-16(6-8-17)9-11-22-20(24-15-19-4-2-14-26-19)23-12-10-18-3-1-13-25-18;/h1,3,5-8,13,19H,2,4,9-12,14-15H2,(H2,22,23,24);1H. The molecule has 0 spiro atoms. The van der Waals surface area contributed by atoms with Gasteiger partial charge in [0.05, 0.1) is 18.9 Å². The third-order valence-electron chi connectivity index (χ3n) is 4.34. The highest BCUT2D eigenvalue weighted by molar-refractivity contribution is 14.0. The summed E-state index contributed by atoms with van der Waals surface area (Å²) < 4.78 is 24.0. The lowest BCUT2D eigenvalue weighted by Crippen LogP contribution is -2.40. The molecule has 0 aliphatic carbocycles. The molecular weight excluding hydrogens is 460 g/mol. The highest BCUT2D eigenvalue weighted by atomic mass is 127. The zero-order valence-electron chi connectivity index (χ0n) is 15.3. The van der Waals surface area contributed by atoms with Gasteiger partial charge in [-0.15, -0.1) is 24.0 Å². The minimum atomic E-state index is -0.208. The number of rotatable bonds is 8. The first-order valence-corrected chi connectivity index (χ1v) is 9.20. The molecule has 1 aliphatic rings. The van der Waals surface area contributed by atoms with E-state index in [1.807, 2.05) is 24.3 Å². The normalized spacial score (nSPS) is 16.8. The number of hydrogen-bond donors (Lipinski definition) is 2. The lowest BCUT2D eigenvalue weighted by atomic mass is 10.1. The fourth-order valence-electron chi connectivity index (χ4n) is 2.89. The third-order valence-corrected chi connectivity index (χ3v) is 4.34. The number of halogens is 2. The number of furan rings is 1. The summed E-state index contributed by atoms with van der Waals surface area (Å²) in [6, 6.07) is 10.5. The van der Waals surface area contributed by atoms with Gasteiger partial charge < -0.3 is 19.8 Å². The highest BCUT2D eigenvalue weighted by Crippen LogP contribution is 2.11. The minimum Gasteiger partial charge on any atom is -0.469 e. The van der Waals surface area contributed by atoms with Crippen molar-refractivity contribution in [2.45, 2.75) is 31.8 Å². The van der Waals surface area contributed by atoms with Crippen LogP contribution >= 0.6 is 24.0 Å². The number of nitrogens with zero attached hydrogens (tertiary/aromatic N) is 1. The van der Waals surface area contributed by atoms with Gasteiger partial charge >= 0.3 is 0 Å². The molecular formula is C20H27FIN3O2. The molecule has 7 heteroatoms. The summed E-state index contributed by atoms with van der Waals surface area (Å²) in [7, 11) is 0. The Bertz CT molecular complexity index is 671. The Morgan fingerprint density at radius 1 is 1.11 bits per heavy atom. The largest absolute Gasteiger partial charge is 0.469 e. The molecule has 1 fully saturated rings. The number of nitrogens with one attached hydrogen (secondary N) is 2. The van der Waals surface area contributed by atoms with E-state index in [2.05, 4.69) is 15.6 Å². The molecule has 148 valence electrons. The maximum absolute atomic E-state index is 13.0. The van der Waals surface area contributed by atoms with Crippen molar-refractivity contribution in [1.82, 2.24) is 10.6 Å². The van der Waals surface area contributed by atoms with Crippen LogP contribution in [-0.4, -0.2) is 38.3 Å². The Balaban J connectivity index is 0.00000261. The molecule has 27 heavy (non-hydrogen) atoms. The fraction of sp³-hybridized carbons (Fsp3) is 0.450. The average Bonchev–Trinajstić information content (AvgIpc) is 3.35. The SMILES string of the molecule is Fc1ccc(CCNC(=NCC2CCCO2)NCCc2ccco2)cc1.I. The lowest BCUT2D eigenvalue weighted by Gasteiger charge is -2.14. The van der Waals surface area contributed by atoms with Gasteiger partial charge in [-0.1, -0.05) is 12.1 Å². The molecule has 0 saturated carbocycles. The predicted molar refractivity (Wildman–Crippen MR) is 115 cm³/mol. The van der Waals surface area contributed by atoms with Crippen molar-refractivity contribution in [3.8, 4) is 0 Å².